The Labute approximate surface area is 161 Å². The molecule has 0 bridgehead atoms. The van der Waals surface area contributed by atoms with E-state index in [9.17, 15) is 5.11 Å². The number of hydrogen-bond acceptors (Lipinski definition) is 5. The molecule has 2 unspecified atom stereocenters. The van der Waals surface area contributed by atoms with E-state index < -0.39 is 7.49 Å². The van der Waals surface area contributed by atoms with E-state index in [0.29, 0.717) is 0 Å². The Kier molecular flexibility index (Phi) is 9.17. The third-order valence-electron chi connectivity index (χ3n) is 3.99. The van der Waals surface area contributed by atoms with Gasteiger partial charge in [-0.25, -0.2) is 0 Å². The predicted molar refractivity (Wildman–Crippen MR) is 118 cm³/mol. The molecule has 0 amide bonds. The Morgan fingerprint density at radius 1 is 1.35 bits per heavy atom. The number of ether oxygens (including phenoxy) is 2. The molecule has 2 rings (SSSR count). The second-order valence-corrected chi connectivity index (χ2v) is 14.9. The third-order valence-corrected chi connectivity index (χ3v) is 7.60. The van der Waals surface area contributed by atoms with Crippen LogP contribution >= 0.6 is 24.1 Å². The number of para-hydroxylation sites is 1. The van der Waals surface area contributed by atoms with Gasteiger partial charge in [-0.05, 0) is 0 Å². The zero-order chi connectivity index (χ0) is 19.2. The van der Waals surface area contributed by atoms with Crippen LogP contribution in [0.4, 0.5) is 0 Å². The maximum atomic E-state index is 9.51. The van der Waals surface area contributed by atoms with Gasteiger partial charge < -0.3 is 0 Å². The van der Waals surface area contributed by atoms with E-state index in [1.807, 2.05) is 6.92 Å². The predicted octanol–water partition coefficient (Wildman–Crippen LogP) is 3.31. The molecular formula is C18H34NO4P3. The summed E-state index contributed by atoms with van der Waals surface area (Å²) in [7, 11) is -1.32. The average molecular weight is 421 g/mol. The van der Waals surface area contributed by atoms with Crippen LogP contribution in [-0.2, 0) is 9.26 Å². The summed E-state index contributed by atoms with van der Waals surface area (Å²) in [6, 6.07) is 6.38. The molecule has 150 valence electrons. The van der Waals surface area contributed by atoms with Crippen molar-refractivity contribution in [2.45, 2.75) is 25.6 Å². The molecule has 1 aliphatic heterocycles. The zero-order valence-corrected chi connectivity index (χ0v) is 19.4. The van der Waals surface area contributed by atoms with E-state index in [-0.39, 0.29) is 26.7 Å². The van der Waals surface area contributed by atoms with E-state index in [1.54, 1.807) is 0 Å². The maximum absolute atomic E-state index is 9.51. The second kappa shape index (κ2) is 10.6. The quantitative estimate of drug-likeness (QED) is 0.424. The molecule has 1 aliphatic rings. The Morgan fingerprint density at radius 2 is 2.08 bits per heavy atom. The Morgan fingerprint density at radius 3 is 2.62 bits per heavy atom. The first-order valence-electron chi connectivity index (χ1n) is 9.16. The summed E-state index contributed by atoms with van der Waals surface area (Å²) in [5.74, 6) is 0.908. The van der Waals surface area contributed by atoms with Crippen LogP contribution < -0.4 is 15.1 Å². The van der Waals surface area contributed by atoms with Crippen LogP contribution in [-0.4, -0.2) is 63.7 Å². The zero-order valence-electron chi connectivity index (χ0n) is 16.5. The summed E-state index contributed by atoms with van der Waals surface area (Å²) < 4.78 is 18.2. The molecule has 0 spiro atoms. The van der Waals surface area contributed by atoms with E-state index in [2.05, 4.69) is 49.9 Å². The van der Waals surface area contributed by atoms with E-state index >= 15 is 0 Å². The monoisotopic (exact) mass is 421 g/mol. The van der Waals surface area contributed by atoms with Gasteiger partial charge in [0.1, 0.15) is 0 Å². The molecule has 26 heavy (non-hydrogen) atoms. The number of nitrogens with one attached hydrogen (secondary N) is 1. The molecule has 3 atom stereocenters. The van der Waals surface area contributed by atoms with Gasteiger partial charge in [0, 0.05) is 0 Å². The fraction of sp³-hybridized carbons (Fsp3) is 0.667. The van der Waals surface area contributed by atoms with E-state index in [1.165, 1.54) is 5.30 Å². The van der Waals surface area contributed by atoms with Gasteiger partial charge in [-0.15, -0.1) is 0 Å². The SMILES string of the molecule is CPNCCC(O[PH](C)(C)C)c1cccc(P2COC2)c1O[C@H](C)CO. The minimum atomic E-state index is -1.72. The van der Waals surface area contributed by atoms with Crippen molar-refractivity contribution in [2.24, 2.45) is 0 Å². The number of rotatable bonds is 11. The number of aliphatic hydroxyl groups excluding tert-OH is 1. The summed E-state index contributed by atoms with van der Waals surface area (Å²) >= 11 is 0. The number of benzene rings is 1. The van der Waals surface area contributed by atoms with Gasteiger partial charge in [0.15, 0.2) is 0 Å². The van der Waals surface area contributed by atoms with Crippen molar-refractivity contribution in [1.82, 2.24) is 5.09 Å². The second-order valence-electron chi connectivity index (χ2n) is 7.49. The number of hydrogen-bond donors (Lipinski definition) is 2. The van der Waals surface area contributed by atoms with Crippen LogP contribution in [0, 0.1) is 0 Å². The summed E-state index contributed by atoms with van der Waals surface area (Å²) in [5, 5.41) is 14.2. The van der Waals surface area contributed by atoms with Gasteiger partial charge in [0.05, 0.1) is 0 Å². The normalized spacial score (nSPS) is 18.7. The van der Waals surface area contributed by atoms with E-state index in [0.717, 1.165) is 45.7 Å². The molecule has 1 saturated heterocycles. The van der Waals surface area contributed by atoms with Crippen LogP contribution in [0.2, 0.25) is 0 Å². The summed E-state index contributed by atoms with van der Waals surface area (Å²) in [6.45, 7) is 11.6. The Balaban J connectivity index is 2.37. The molecular weight excluding hydrogens is 387 g/mol. The Bertz CT molecular complexity index is 564. The first kappa shape index (κ1) is 22.4. The van der Waals surface area contributed by atoms with Crippen molar-refractivity contribution in [2.75, 3.05) is 52.5 Å². The first-order valence-corrected chi connectivity index (χ1v) is 15.8. The van der Waals surface area contributed by atoms with Crippen LogP contribution in [0.1, 0.15) is 25.0 Å². The molecule has 0 saturated carbocycles. The van der Waals surface area contributed by atoms with Gasteiger partial charge in [-0.2, -0.15) is 0 Å². The van der Waals surface area contributed by atoms with Crippen molar-refractivity contribution in [3.05, 3.63) is 23.8 Å². The fourth-order valence-corrected chi connectivity index (χ4v) is 5.67. The van der Waals surface area contributed by atoms with Crippen molar-refractivity contribution in [3.63, 3.8) is 0 Å². The molecule has 1 aromatic carbocycles. The first-order chi connectivity index (χ1) is 12.4. The minimum absolute atomic E-state index is 0.000253. The summed E-state index contributed by atoms with van der Waals surface area (Å²) in [5.41, 5.74) is 1.11. The summed E-state index contributed by atoms with van der Waals surface area (Å²) in [6.07, 6.45) is 2.26. The Hall–Kier alpha value is 0.150. The van der Waals surface area contributed by atoms with Gasteiger partial charge >= 0.3 is 161 Å². The third kappa shape index (κ3) is 6.64. The molecule has 0 aromatic heterocycles. The van der Waals surface area contributed by atoms with Crippen LogP contribution in [0.25, 0.3) is 0 Å². The van der Waals surface area contributed by atoms with Gasteiger partial charge in [0.25, 0.3) is 0 Å². The van der Waals surface area contributed by atoms with Gasteiger partial charge in [-0.1, -0.05) is 0 Å². The molecule has 1 heterocycles. The number of aliphatic hydroxyl groups is 1. The molecule has 5 nitrogen and oxygen atoms in total. The van der Waals surface area contributed by atoms with Crippen molar-refractivity contribution < 1.29 is 19.1 Å². The van der Waals surface area contributed by atoms with Crippen LogP contribution in [0.3, 0.4) is 0 Å². The van der Waals surface area contributed by atoms with Crippen molar-refractivity contribution in [3.8, 4) is 5.75 Å². The topological polar surface area (TPSA) is 60.0 Å². The molecule has 8 heteroatoms. The summed E-state index contributed by atoms with van der Waals surface area (Å²) in [4.78, 5) is 0. The van der Waals surface area contributed by atoms with E-state index in [4.69, 9.17) is 14.0 Å². The van der Waals surface area contributed by atoms with Crippen LogP contribution in [0.5, 0.6) is 5.75 Å². The molecule has 1 aromatic rings. The fourth-order valence-electron chi connectivity index (χ4n) is 2.77. The van der Waals surface area contributed by atoms with Gasteiger partial charge in [-0.3, -0.25) is 0 Å². The molecule has 2 N–H and O–H groups in total. The van der Waals surface area contributed by atoms with Crippen molar-refractivity contribution >= 4 is 29.4 Å². The van der Waals surface area contributed by atoms with Crippen molar-refractivity contribution in [1.29, 1.82) is 0 Å². The van der Waals surface area contributed by atoms with Gasteiger partial charge in [0.2, 0.25) is 0 Å². The average Bonchev–Trinajstić information content (AvgIpc) is 2.52. The standard InChI is InChI=1S/C18H34NO4P3/c1-14(11-20)22-18-15(7-6-8-17(18)25-12-21-13-25)16(9-10-19-24-2)23-26(3,4)5/h6-8,14,16,19-20,24,26H,9-13H2,1-5H3/t14-,16?/m1/s1. The molecule has 0 aliphatic carbocycles. The van der Waals surface area contributed by atoms with Crippen LogP contribution in [0.15, 0.2) is 18.2 Å². The molecule has 0 radical (unpaired) electrons. The molecule has 1 fully saturated rings.